The number of benzene rings is 1. The van der Waals surface area contributed by atoms with E-state index in [0.29, 0.717) is 6.54 Å². The summed E-state index contributed by atoms with van der Waals surface area (Å²) in [5.74, 6) is 0.724. The maximum absolute atomic E-state index is 14.0. The summed E-state index contributed by atoms with van der Waals surface area (Å²) in [4.78, 5) is 18.8. The summed E-state index contributed by atoms with van der Waals surface area (Å²) >= 11 is 1.76. The smallest absolute Gasteiger partial charge is 0.320 e. The fraction of sp³-hybridized carbons (Fsp3) is 0.588. The summed E-state index contributed by atoms with van der Waals surface area (Å²) < 4.78 is 14.0. The van der Waals surface area contributed by atoms with Crippen LogP contribution in [0.15, 0.2) is 24.3 Å². The van der Waals surface area contributed by atoms with Crippen molar-refractivity contribution in [1.29, 1.82) is 0 Å². The van der Waals surface area contributed by atoms with Crippen molar-refractivity contribution < 1.29 is 9.18 Å². The molecular formula is C17H24FN3OS. The number of piperazine rings is 1. The molecule has 126 valence electrons. The monoisotopic (exact) mass is 337 g/mol. The first-order chi connectivity index (χ1) is 11.1. The molecule has 1 aromatic carbocycles. The van der Waals surface area contributed by atoms with Crippen LogP contribution < -0.4 is 0 Å². The largest absolute Gasteiger partial charge is 0.324 e. The van der Waals surface area contributed by atoms with Crippen LogP contribution in [0.25, 0.3) is 0 Å². The van der Waals surface area contributed by atoms with Crippen LogP contribution >= 0.6 is 11.8 Å². The number of hydrogen-bond acceptors (Lipinski definition) is 3. The quantitative estimate of drug-likeness (QED) is 0.788. The average Bonchev–Trinajstić information content (AvgIpc) is 2.81. The van der Waals surface area contributed by atoms with Crippen LogP contribution in [-0.4, -0.2) is 72.8 Å². The maximum atomic E-state index is 14.0. The van der Waals surface area contributed by atoms with Crippen LogP contribution in [0.3, 0.4) is 0 Å². The predicted molar refractivity (Wildman–Crippen MR) is 92.3 cm³/mol. The van der Waals surface area contributed by atoms with Gasteiger partial charge in [-0.05, 0) is 19.5 Å². The predicted octanol–water partition coefficient (Wildman–Crippen LogP) is 2.67. The highest BCUT2D eigenvalue weighted by atomic mass is 32.2. The molecule has 1 atom stereocenters. The molecule has 0 spiro atoms. The number of amides is 2. The fourth-order valence-corrected chi connectivity index (χ4v) is 4.40. The molecule has 0 radical (unpaired) electrons. The summed E-state index contributed by atoms with van der Waals surface area (Å²) in [6.45, 7) is 4.93. The lowest BCUT2D eigenvalue weighted by molar-refractivity contribution is 0.124. The van der Waals surface area contributed by atoms with Gasteiger partial charge in [0.25, 0.3) is 0 Å². The second-order valence-corrected chi connectivity index (χ2v) is 7.54. The second-order valence-electron chi connectivity index (χ2n) is 6.23. The third kappa shape index (κ3) is 3.98. The third-order valence-corrected chi connectivity index (χ3v) is 5.95. The number of carbonyl (C=O) groups excluding carboxylic acids is 1. The highest BCUT2D eigenvalue weighted by Gasteiger charge is 2.27. The molecule has 0 bridgehead atoms. The topological polar surface area (TPSA) is 26.8 Å². The zero-order valence-electron chi connectivity index (χ0n) is 13.6. The molecule has 2 aliphatic rings. The van der Waals surface area contributed by atoms with Gasteiger partial charge < -0.3 is 14.7 Å². The Bertz CT molecular complexity index is 548. The van der Waals surface area contributed by atoms with Crippen LogP contribution in [0.5, 0.6) is 0 Å². The van der Waals surface area contributed by atoms with Gasteiger partial charge in [0.1, 0.15) is 5.82 Å². The van der Waals surface area contributed by atoms with Crippen LogP contribution in [0.4, 0.5) is 9.18 Å². The lowest BCUT2D eigenvalue weighted by Crippen LogP contribution is -2.52. The molecular weight excluding hydrogens is 313 g/mol. The van der Waals surface area contributed by atoms with Gasteiger partial charge in [0.15, 0.2) is 0 Å². The van der Waals surface area contributed by atoms with Crippen LogP contribution in [0, 0.1) is 5.82 Å². The summed E-state index contributed by atoms with van der Waals surface area (Å²) in [5.41, 5.74) is 0.770. The zero-order valence-corrected chi connectivity index (χ0v) is 14.4. The number of rotatable bonds is 1. The molecule has 2 heterocycles. The highest BCUT2D eigenvalue weighted by Crippen LogP contribution is 2.35. The molecule has 4 nitrogen and oxygen atoms in total. The summed E-state index contributed by atoms with van der Waals surface area (Å²) in [6.07, 6.45) is 0.811. The Labute approximate surface area is 141 Å². The van der Waals surface area contributed by atoms with Crippen molar-refractivity contribution in [3.8, 4) is 0 Å². The number of nitrogens with zero attached hydrogens (tertiary/aromatic N) is 3. The standard InChI is InChI=1S/C17H24FN3OS/c1-19-8-10-21(11-9-19)17(22)20-7-6-16(23-13-12-20)14-4-2-3-5-15(14)18/h2-5,16H,6-13H2,1H3. The van der Waals surface area contributed by atoms with Crippen LogP contribution in [0.2, 0.25) is 0 Å². The van der Waals surface area contributed by atoms with Crippen LogP contribution in [-0.2, 0) is 0 Å². The van der Waals surface area contributed by atoms with Crippen molar-refractivity contribution in [2.45, 2.75) is 11.7 Å². The van der Waals surface area contributed by atoms with E-state index in [1.807, 2.05) is 21.9 Å². The fourth-order valence-electron chi connectivity index (χ4n) is 3.14. The van der Waals surface area contributed by atoms with Crippen LogP contribution in [0.1, 0.15) is 17.2 Å². The van der Waals surface area contributed by atoms with Gasteiger partial charge in [-0.25, -0.2) is 9.18 Å². The number of halogens is 1. The Morgan fingerprint density at radius 2 is 1.78 bits per heavy atom. The number of carbonyl (C=O) groups is 1. The average molecular weight is 337 g/mol. The minimum absolute atomic E-state index is 0.135. The van der Waals surface area contributed by atoms with E-state index < -0.39 is 0 Å². The number of hydrogen-bond donors (Lipinski definition) is 0. The Morgan fingerprint density at radius 3 is 2.52 bits per heavy atom. The van der Waals surface area contributed by atoms with Crippen molar-refractivity contribution in [2.24, 2.45) is 0 Å². The van der Waals surface area contributed by atoms with Gasteiger partial charge in [0, 0.05) is 55.8 Å². The van der Waals surface area contributed by atoms with Gasteiger partial charge in [-0.3, -0.25) is 0 Å². The minimum atomic E-state index is -0.135. The zero-order chi connectivity index (χ0) is 16.2. The molecule has 2 amide bonds. The van der Waals surface area contributed by atoms with Gasteiger partial charge in [0.2, 0.25) is 0 Å². The summed E-state index contributed by atoms with van der Waals surface area (Å²) in [7, 11) is 2.09. The lowest BCUT2D eigenvalue weighted by Gasteiger charge is -2.35. The SMILES string of the molecule is CN1CCN(C(=O)N2CCSC(c3ccccc3F)CC2)CC1. The molecule has 1 aromatic rings. The van der Waals surface area contributed by atoms with E-state index in [2.05, 4.69) is 11.9 Å². The van der Waals surface area contributed by atoms with Gasteiger partial charge >= 0.3 is 6.03 Å². The summed E-state index contributed by atoms with van der Waals surface area (Å²) in [5, 5.41) is 0.140. The van der Waals surface area contributed by atoms with E-state index in [0.717, 1.165) is 50.5 Å². The van der Waals surface area contributed by atoms with Crippen molar-refractivity contribution in [1.82, 2.24) is 14.7 Å². The normalized spacial score (nSPS) is 23.7. The molecule has 0 N–H and O–H groups in total. The molecule has 0 aliphatic carbocycles. The molecule has 3 rings (SSSR count). The number of thioether (sulfide) groups is 1. The molecule has 23 heavy (non-hydrogen) atoms. The minimum Gasteiger partial charge on any atom is -0.324 e. The third-order valence-electron chi connectivity index (χ3n) is 4.64. The number of likely N-dealkylation sites (N-methyl/N-ethyl adjacent to an activating group) is 1. The lowest BCUT2D eigenvalue weighted by atomic mass is 10.1. The summed E-state index contributed by atoms with van der Waals surface area (Å²) in [6, 6.07) is 7.15. The Morgan fingerprint density at radius 1 is 1.09 bits per heavy atom. The molecule has 2 saturated heterocycles. The second kappa shape index (κ2) is 7.53. The Balaban J connectivity index is 1.60. The molecule has 1 unspecified atom stereocenters. The van der Waals surface area contributed by atoms with E-state index in [9.17, 15) is 9.18 Å². The Hall–Kier alpha value is -1.27. The van der Waals surface area contributed by atoms with Crippen molar-refractivity contribution in [2.75, 3.05) is 52.1 Å². The van der Waals surface area contributed by atoms with E-state index in [4.69, 9.17) is 0 Å². The first-order valence-corrected chi connectivity index (χ1v) is 9.28. The molecule has 2 aliphatic heterocycles. The van der Waals surface area contributed by atoms with Gasteiger partial charge in [-0.1, -0.05) is 18.2 Å². The number of urea groups is 1. The highest BCUT2D eigenvalue weighted by molar-refractivity contribution is 7.99. The van der Waals surface area contributed by atoms with E-state index in [1.165, 1.54) is 6.07 Å². The van der Waals surface area contributed by atoms with Crippen molar-refractivity contribution in [3.05, 3.63) is 35.6 Å². The maximum Gasteiger partial charge on any atom is 0.320 e. The molecule has 0 saturated carbocycles. The van der Waals surface area contributed by atoms with Gasteiger partial charge in [0.05, 0.1) is 0 Å². The first-order valence-electron chi connectivity index (χ1n) is 8.23. The molecule has 2 fully saturated rings. The Kier molecular flexibility index (Phi) is 5.43. The van der Waals surface area contributed by atoms with Gasteiger partial charge in [-0.2, -0.15) is 11.8 Å². The van der Waals surface area contributed by atoms with E-state index in [-0.39, 0.29) is 17.1 Å². The van der Waals surface area contributed by atoms with Crippen molar-refractivity contribution >= 4 is 17.8 Å². The van der Waals surface area contributed by atoms with Gasteiger partial charge in [-0.15, -0.1) is 0 Å². The molecule has 6 heteroatoms. The van der Waals surface area contributed by atoms with E-state index in [1.54, 1.807) is 17.8 Å². The van der Waals surface area contributed by atoms with Crippen molar-refractivity contribution in [3.63, 3.8) is 0 Å². The first kappa shape index (κ1) is 16.6. The molecule has 0 aromatic heterocycles. The van der Waals surface area contributed by atoms with E-state index >= 15 is 0 Å².